The van der Waals surface area contributed by atoms with Crippen LogP contribution >= 0.6 is 27.7 Å². The molecule has 1 heterocycles. The maximum atomic E-state index is 5.82. The van der Waals surface area contributed by atoms with Crippen LogP contribution in [0.2, 0.25) is 0 Å². The van der Waals surface area contributed by atoms with Crippen molar-refractivity contribution in [1.82, 2.24) is 0 Å². The van der Waals surface area contributed by atoms with Gasteiger partial charge in [0.2, 0.25) is 0 Å². The van der Waals surface area contributed by atoms with Crippen LogP contribution in [0.15, 0.2) is 50.2 Å². The number of furan rings is 1. The Kier molecular flexibility index (Phi) is 4.31. The highest BCUT2D eigenvalue weighted by Crippen LogP contribution is 2.38. The first-order chi connectivity index (χ1) is 8.20. The summed E-state index contributed by atoms with van der Waals surface area (Å²) >= 11 is 5.26. The fourth-order valence-corrected chi connectivity index (χ4v) is 3.09. The minimum atomic E-state index is 0.155. The largest absolute Gasteiger partial charge is 0.465 e. The molecule has 0 amide bonds. The molecule has 2 N–H and O–H groups in total. The van der Waals surface area contributed by atoms with Crippen molar-refractivity contribution in [3.63, 3.8) is 0 Å². The summed E-state index contributed by atoms with van der Waals surface area (Å²) < 4.78 is 6.72. The minimum absolute atomic E-state index is 0.155. The summed E-state index contributed by atoms with van der Waals surface area (Å²) in [7, 11) is 0. The third-order valence-corrected chi connectivity index (χ3v) is 4.67. The van der Waals surface area contributed by atoms with Gasteiger partial charge in [-0.25, -0.2) is 0 Å². The van der Waals surface area contributed by atoms with Crippen LogP contribution in [0.5, 0.6) is 0 Å². The van der Waals surface area contributed by atoms with Crippen molar-refractivity contribution in [2.75, 3.05) is 6.54 Å². The smallest absolute Gasteiger partial charge is 0.118 e. The van der Waals surface area contributed by atoms with Gasteiger partial charge in [-0.1, -0.05) is 12.1 Å². The van der Waals surface area contributed by atoms with E-state index in [2.05, 4.69) is 22.0 Å². The molecule has 0 saturated heterocycles. The second kappa shape index (κ2) is 5.76. The number of thioether (sulfide) groups is 1. The molecule has 4 heteroatoms. The molecular weight excluding hydrogens is 298 g/mol. The van der Waals surface area contributed by atoms with Gasteiger partial charge in [-0.2, -0.15) is 0 Å². The lowest BCUT2D eigenvalue weighted by Crippen LogP contribution is -2.08. The number of rotatable bonds is 4. The zero-order chi connectivity index (χ0) is 12.3. The van der Waals surface area contributed by atoms with Crippen LogP contribution in [0.3, 0.4) is 0 Å². The average molecular weight is 312 g/mol. The Morgan fingerprint density at radius 2 is 2.06 bits per heavy atom. The Balaban J connectivity index is 2.18. The third kappa shape index (κ3) is 3.15. The van der Waals surface area contributed by atoms with Gasteiger partial charge >= 0.3 is 0 Å². The Hall–Kier alpha value is -0.710. The second-order valence-electron chi connectivity index (χ2n) is 3.72. The van der Waals surface area contributed by atoms with Gasteiger partial charge in [-0.05, 0) is 47.1 Å². The van der Waals surface area contributed by atoms with E-state index in [0.717, 1.165) is 16.0 Å². The van der Waals surface area contributed by atoms with Gasteiger partial charge in [0, 0.05) is 15.9 Å². The van der Waals surface area contributed by atoms with Crippen LogP contribution in [0.25, 0.3) is 0 Å². The van der Waals surface area contributed by atoms with Crippen molar-refractivity contribution in [2.24, 2.45) is 5.73 Å². The number of benzene rings is 1. The fraction of sp³-hybridized carbons (Fsp3) is 0.231. The quantitative estimate of drug-likeness (QED) is 0.862. The monoisotopic (exact) mass is 311 g/mol. The van der Waals surface area contributed by atoms with E-state index in [1.165, 1.54) is 4.90 Å². The molecule has 90 valence electrons. The second-order valence-corrected chi connectivity index (χ2v) is 5.82. The molecule has 1 unspecified atom stereocenters. The SMILES string of the molecule is Cc1ccc(C(CN)Sc2ccccc2Br)o1. The number of hydrogen-bond donors (Lipinski definition) is 1. The summed E-state index contributed by atoms with van der Waals surface area (Å²) in [6, 6.07) is 12.1. The van der Waals surface area contributed by atoms with Crippen molar-refractivity contribution < 1.29 is 4.42 Å². The molecule has 1 aromatic heterocycles. The van der Waals surface area contributed by atoms with Crippen LogP contribution in [0, 0.1) is 6.92 Å². The minimum Gasteiger partial charge on any atom is -0.465 e. The average Bonchev–Trinajstić information content (AvgIpc) is 2.75. The van der Waals surface area contributed by atoms with Crippen LogP contribution < -0.4 is 5.73 Å². The highest BCUT2D eigenvalue weighted by atomic mass is 79.9. The fourth-order valence-electron chi connectivity index (χ4n) is 1.54. The van der Waals surface area contributed by atoms with Crippen molar-refractivity contribution in [3.05, 3.63) is 52.4 Å². The summed E-state index contributed by atoms with van der Waals surface area (Å²) in [5.74, 6) is 1.86. The molecule has 1 atom stereocenters. The highest BCUT2D eigenvalue weighted by molar-refractivity contribution is 9.10. The molecule has 0 bridgehead atoms. The maximum absolute atomic E-state index is 5.82. The van der Waals surface area contributed by atoms with E-state index >= 15 is 0 Å². The van der Waals surface area contributed by atoms with E-state index in [4.69, 9.17) is 10.2 Å². The van der Waals surface area contributed by atoms with E-state index in [1.54, 1.807) is 11.8 Å². The molecule has 0 fully saturated rings. The van der Waals surface area contributed by atoms with E-state index in [-0.39, 0.29) is 5.25 Å². The first-order valence-electron chi connectivity index (χ1n) is 5.38. The number of nitrogens with two attached hydrogens (primary N) is 1. The number of halogens is 1. The number of aryl methyl sites for hydroxylation is 1. The molecule has 1 aromatic carbocycles. The van der Waals surface area contributed by atoms with Gasteiger partial charge in [-0.15, -0.1) is 11.8 Å². The molecule has 0 aliphatic carbocycles. The Bertz CT molecular complexity index is 498. The van der Waals surface area contributed by atoms with E-state index in [9.17, 15) is 0 Å². The lowest BCUT2D eigenvalue weighted by molar-refractivity contribution is 0.481. The molecule has 0 saturated carbocycles. The normalized spacial score (nSPS) is 12.6. The van der Waals surface area contributed by atoms with Gasteiger partial charge in [0.05, 0.1) is 5.25 Å². The molecule has 0 aliphatic heterocycles. The van der Waals surface area contributed by atoms with Crippen molar-refractivity contribution in [3.8, 4) is 0 Å². The lowest BCUT2D eigenvalue weighted by atomic mass is 10.3. The van der Waals surface area contributed by atoms with Crippen molar-refractivity contribution >= 4 is 27.7 Å². The predicted octanol–water partition coefficient (Wildman–Crippen LogP) is 4.14. The molecule has 17 heavy (non-hydrogen) atoms. The first kappa shape index (κ1) is 12.7. The molecular formula is C13H14BrNOS. The topological polar surface area (TPSA) is 39.2 Å². The molecule has 2 nitrogen and oxygen atoms in total. The van der Waals surface area contributed by atoms with Gasteiger partial charge in [-0.3, -0.25) is 0 Å². The van der Waals surface area contributed by atoms with Crippen LogP contribution in [-0.2, 0) is 0 Å². The van der Waals surface area contributed by atoms with Crippen LogP contribution in [-0.4, -0.2) is 6.54 Å². The van der Waals surface area contributed by atoms with Crippen LogP contribution in [0.1, 0.15) is 16.8 Å². The molecule has 0 aliphatic rings. The van der Waals surface area contributed by atoms with Gasteiger partial charge in [0.15, 0.2) is 0 Å². The number of hydrogen-bond acceptors (Lipinski definition) is 3. The van der Waals surface area contributed by atoms with E-state index < -0.39 is 0 Å². The van der Waals surface area contributed by atoms with E-state index in [1.807, 2.05) is 37.3 Å². The van der Waals surface area contributed by atoms with Gasteiger partial charge in [0.1, 0.15) is 11.5 Å². The zero-order valence-electron chi connectivity index (χ0n) is 9.52. The molecule has 2 aromatic rings. The summed E-state index contributed by atoms with van der Waals surface area (Å²) in [6.45, 7) is 2.50. The Morgan fingerprint density at radius 1 is 1.29 bits per heavy atom. The summed E-state index contributed by atoms with van der Waals surface area (Å²) in [6.07, 6.45) is 0. The van der Waals surface area contributed by atoms with Crippen LogP contribution in [0.4, 0.5) is 0 Å². The first-order valence-corrected chi connectivity index (χ1v) is 7.05. The lowest BCUT2D eigenvalue weighted by Gasteiger charge is -2.12. The van der Waals surface area contributed by atoms with Crippen molar-refractivity contribution in [2.45, 2.75) is 17.1 Å². The third-order valence-electron chi connectivity index (χ3n) is 2.40. The standard InChI is InChI=1S/C13H14BrNOS/c1-9-6-7-11(16-9)13(8-15)17-12-5-3-2-4-10(12)14/h2-7,13H,8,15H2,1H3. The maximum Gasteiger partial charge on any atom is 0.118 e. The highest BCUT2D eigenvalue weighted by Gasteiger charge is 2.16. The summed E-state index contributed by atoms with van der Waals surface area (Å²) in [4.78, 5) is 1.18. The Morgan fingerprint density at radius 3 is 2.65 bits per heavy atom. The van der Waals surface area contributed by atoms with Gasteiger partial charge in [0.25, 0.3) is 0 Å². The van der Waals surface area contributed by atoms with Gasteiger partial charge < -0.3 is 10.2 Å². The summed E-state index contributed by atoms with van der Waals surface area (Å²) in [5.41, 5.74) is 5.82. The van der Waals surface area contributed by atoms with E-state index in [0.29, 0.717) is 6.54 Å². The molecule has 0 radical (unpaired) electrons. The van der Waals surface area contributed by atoms with Crippen molar-refractivity contribution in [1.29, 1.82) is 0 Å². The molecule has 0 spiro atoms. The zero-order valence-corrected chi connectivity index (χ0v) is 11.9. The predicted molar refractivity (Wildman–Crippen MR) is 75.2 cm³/mol. The molecule has 2 rings (SSSR count). The summed E-state index contributed by atoms with van der Waals surface area (Å²) in [5, 5.41) is 0.155. The Labute approximate surface area is 114 Å².